The van der Waals surface area contributed by atoms with E-state index in [-0.39, 0.29) is 21.9 Å². The highest BCUT2D eigenvalue weighted by Gasteiger charge is 2.27. The van der Waals surface area contributed by atoms with Crippen LogP contribution >= 0.6 is 11.6 Å². The van der Waals surface area contributed by atoms with Crippen molar-refractivity contribution in [3.8, 4) is 0 Å². The summed E-state index contributed by atoms with van der Waals surface area (Å²) in [4.78, 5) is -0.159. The Balaban J connectivity index is 3.10. The number of hydrogen-bond donors (Lipinski definition) is 1. The zero-order valence-electron chi connectivity index (χ0n) is 11.2. The molecule has 0 saturated heterocycles. The van der Waals surface area contributed by atoms with Gasteiger partial charge in [-0.05, 0) is 30.2 Å². The van der Waals surface area contributed by atoms with Crippen molar-refractivity contribution in [2.45, 2.75) is 18.7 Å². The summed E-state index contributed by atoms with van der Waals surface area (Å²) in [7, 11) is -2.34. The van der Waals surface area contributed by atoms with Crippen LogP contribution in [0.4, 0.5) is 4.39 Å². The Kier molecular flexibility index (Phi) is 4.95. The molecular formula is C12H18ClFN2O2S. The van der Waals surface area contributed by atoms with Crippen LogP contribution in [0.1, 0.15) is 13.8 Å². The van der Waals surface area contributed by atoms with E-state index in [9.17, 15) is 12.8 Å². The van der Waals surface area contributed by atoms with Gasteiger partial charge in [0.25, 0.3) is 0 Å². The van der Waals surface area contributed by atoms with Gasteiger partial charge in [-0.25, -0.2) is 17.1 Å². The third kappa shape index (κ3) is 4.14. The van der Waals surface area contributed by atoms with E-state index in [1.165, 1.54) is 13.1 Å². The van der Waals surface area contributed by atoms with Crippen LogP contribution in [0.5, 0.6) is 0 Å². The number of nitrogens with zero attached hydrogens (tertiary/aromatic N) is 1. The smallest absolute Gasteiger partial charge is 0.242 e. The van der Waals surface area contributed by atoms with E-state index in [1.54, 1.807) is 0 Å². The van der Waals surface area contributed by atoms with Gasteiger partial charge < -0.3 is 5.73 Å². The van der Waals surface area contributed by atoms with Gasteiger partial charge in [0, 0.05) is 18.6 Å². The first-order chi connectivity index (χ1) is 8.58. The SMILES string of the molecule is CN(CC(C)(C)CN)S(=O)(=O)c1cc(F)cc(Cl)c1. The second kappa shape index (κ2) is 5.75. The van der Waals surface area contributed by atoms with Crippen LogP contribution < -0.4 is 5.73 Å². The van der Waals surface area contributed by atoms with Crippen LogP contribution in [0.2, 0.25) is 5.02 Å². The Bertz CT molecular complexity index is 541. The van der Waals surface area contributed by atoms with Crippen LogP contribution in [0, 0.1) is 11.2 Å². The molecule has 0 aliphatic rings. The summed E-state index contributed by atoms with van der Waals surface area (Å²) in [5, 5.41) is 0.0464. The molecule has 2 N–H and O–H groups in total. The van der Waals surface area contributed by atoms with Gasteiger partial charge in [-0.1, -0.05) is 25.4 Å². The molecule has 0 spiro atoms. The molecule has 4 nitrogen and oxygen atoms in total. The fourth-order valence-electron chi connectivity index (χ4n) is 1.61. The van der Waals surface area contributed by atoms with Gasteiger partial charge in [-0.3, -0.25) is 0 Å². The summed E-state index contributed by atoms with van der Waals surface area (Å²) in [6, 6.07) is 3.24. The van der Waals surface area contributed by atoms with E-state index in [0.29, 0.717) is 6.54 Å². The normalized spacial score (nSPS) is 13.0. The number of nitrogens with two attached hydrogens (primary N) is 1. The van der Waals surface area contributed by atoms with Crippen molar-refractivity contribution in [1.82, 2.24) is 4.31 Å². The average molecular weight is 309 g/mol. The molecule has 1 aromatic rings. The Morgan fingerprint density at radius 2 is 1.95 bits per heavy atom. The van der Waals surface area contributed by atoms with E-state index in [0.717, 1.165) is 16.4 Å². The van der Waals surface area contributed by atoms with Gasteiger partial charge in [0.1, 0.15) is 5.82 Å². The lowest BCUT2D eigenvalue weighted by Crippen LogP contribution is -2.39. The third-order valence-corrected chi connectivity index (χ3v) is 4.75. The summed E-state index contributed by atoms with van der Waals surface area (Å²) in [5.74, 6) is -0.683. The lowest BCUT2D eigenvalue weighted by atomic mass is 9.94. The van der Waals surface area contributed by atoms with Crippen molar-refractivity contribution in [3.63, 3.8) is 0 Å². The average Bonchev–Trinajstić information content (AvgIpc) is 2.27. The van der Waals surface area contributed by atoms with E-state index in [1.807, 2.05) is 13.8 Å². The summed E-state index contributed by atoms with van der Waals surface area (Å²) >= 11 is 5.68. The number of benzene rings is 1. The van der Waals surface area contributed by atoms with Crippen molar-refractivity contribution in [1.29, 1.82) is 0 Å². The molecule has 0 aliphatic carbocycles. The van der Waals surface area contributed by atoms with E-state index in [2.05, 4.69) is 0 Å². The maximum atomic E-state index is 13.2. The highest BCUT2D eigenvalue weighted by Crippen LogP contribution is 2.23. The van der Waals surface area contributed by atoms with Crippen LogP contribution in [0.15, 0.2) is 23.1 Å². The molecule has 0 saturated carbocycles. The predicted molar refractivity (Wildman–Crippen MR) is 74.1 cm³/mol. The standard InChI is InChI=1S/C12H18ClFN2O2S/c1-12(2,7-15)8-16(3)19(17,18)11-5-9(13)4-10(14)6-11/h4-6H,7-8,15H2,1-3H3. The first-order valence-electron chi connectivity index (χ1n) is 5.71. The minimum absolute atomic E-state index is 0.0464. The van der Waals surface area contributed by atoms with Crippen LogP contribution in [0.3, 0.4) is 0 Å². The van der Waals surface area contributed by atoms with E-state index >= 15 is 0 Å². The maximum Gasteiger partial charge on any atom is 0.242 e. The van der Waals surface area contributed by atoms with Gasteiger partial charge in [-0.15, -0.1) is 0 Å². The number of halogens is 2. The third-order valence-electron chi connectivity index (χ3n) is 2.75. The molecule has 0 amide bonds. The lowest BCUT2D eigenvalue weighted by Gasteiger charge is -2.28. The fraction of sp³-hybridized carbons (Fsp3) is 0.500. The highest BCUT2D eigenvalue weighted by atomic mass is 35.5. The summed E-state index contributed by atoms with van der Waals surface area (Å²) in [6.45, 7) is 4.30. The second-order valence-electron chi connectivity index (χ2n) is 5.23. The molecule has 0 radical (unpaired) electrons. The van der Waals surface area contributed by atoms with Crippen molar-refractivity contribution >= 4 is 21.6 Å². The molecule has 0 unspecified atom stereocenters. The van der Waals surface area contributed by atoms with Gasteiger partial charge in [-0.2, -0.15) is 0 Å². The van der Waals surface area contributed by atoms with Crippen LogP contribution in [0.25, 0.3) is 0 Å². The summed E-state index contributed by atoms with van der Waals surface area (Å²) < 4.78 is 39.0. The molecule has 1 aromatic carbocycles. The molecule has 0 fully saturated rings. The van der Waals surface area contributed by atoms with Gasteiger partial charge in [0.2, 0.25) is 10.0 Å². The minimum Gasteiger partial charge on any atom is -0.330 e. The van der Waals surface area contributed by atoms with Gasteiger partial charge in [0.05, 0.1) is 4.90 Å². The van der Waals surface area contributed by atoms with Crippen LogP contribution in [-0.2, 0) is 10.0 Å². The molecule has 0 heterocycles. The van der Waals surface area contributed by atoms with Gasteiger partial charge >= 0.3 is 0 Å². The van der Waals surface area contributed by atoms with Crippen LogP contribution in [-0.4, -0.2) is 32.9 Å². The second-order valence-corrected chi connectivity index (χ2v) is 7.72. The zero-order valence-corrected chi connectivity index (χ0v) is 12.7. The fourth-order valence-corrected chi connectivity index (χ4v) is 3.31. The Labute approximate surface area is 118 Å². The predicted octanol–water partition coefficient (Wildman–Crippen LogP) is 2.08. The number of sulfonamides is 1. The molecule has 0 atom stereocenters. The van der Waals surface area contributed by atoms with Crippen molar-refractivity contribution in [2.24, 2.45) is 11.1 Å². The molecule has 0 aromatic heterocycles. The van der Waals surface area contributed by atoms with Crippen molar-refractivity contribution in [2.75, 3.05) is 20.1 Å². The highest BCUT2D eigenvalue weighted by molar-refractivity contribution is 7.89. The Morgan fingerprint density at radius 3 is 2.42 bits per heavy atom. The molecule has 108 valence electrons. The first-order valence-corrected chi connectivity index (χ1v) is 7.53. The first kappa shape index (κ1) is 16.4. The number of hydrogen-bond acceptors (Lipinski definition) is 3. The van der Waals surface area contributed by atoms with E-state index in [4.69, 9.17) is 17.3 Å². The monoisotopic (exact) mass is 308 g/mol. The van der Waals surface area contributed by atoms with Gasteiger partial charge in [0.15, 0.2) is 0 Å². The lowest BCUT2D eigenvalue weighted by molar-refractivity contribution is 0.292. The molecule has 0 bridgehead atoms. The summed E-state index contributed by atoms with van der Waals surface area (Å²) in [5.41, 5.74) is 5.22. The molecule has 1 rings (SSSR count). The Morgan fingerprint density at radius 1 is 1.37 bits per heavy atom. The maximum absolute atomic E-state index is 13.2. The minimum atomic E-state index is -3.77. The molecule has 0 aliphatic heterocycles. The quantitative estimate of drug-likeness (QED) is 0.906. The summed E-state index contributed by atoms with van der Waals surface area (Å²) in [6.07, 6.45) is 0. The van der Waals surface area contributed by atoms with Crippen molar-refractivity contribution < 1.29 is 12.8 Å². The number of rotatable bonds is 5. The largest absolute Gasteiger partial charge is 0.330 e. The van der Waals surface area contributed by atoms with Crippen molar-refractivity contribution in [3.05, 3.63) is 29.0 Å². The topological polar surface area (TPSA) is 63.4 Å². The molecule has 7 heteroatoms. The van der Waals surface area contributed by atoms with E-state index < -0.39 is 15.8 Å². The zero-order chi connectivity index (χ0) is 14.8. The Hall–Kier alpha value is -0.690. The molecular weight excluding hydrogens is 291 g/mol. The molecule has 19 heavy (non-hydrogen) atoms.